The van der Waals surface area contributed by atoms with E-state index in [-0.39, 0.29) is 0 Å². The first-order valence-electron chi connectivity index (χ1n) is 21.2. The molecule has 0 saturated carbocycles. The van der Waals surface area contributed by atoms with Gasteiger partial charge in [-0.2, -0.15) is 0 Å². The van der Waals surface area contributed by atoms with Gasteiger partial charge in [-0.25, -0.2) is 0 Å². The van der Waals surface area contributed by atoms with Crippen LogP contribution in [-0.4, -0.2) is 0 Å². The van der Waals surface area contributed by atoms with Gasteiger partial charge in [0, 0.05) is 37.1 Å². The number of hydrogen-bond donors (Lipinski definition) is 0. The number of anilines is 3. The molecule has 0 saturated heterocycles. The molecule has 62 heavy (non-hydrogen) atoms. The van der Waals surface area contributed by atoms with Gasteiger partial charge in [0.1, 0.15) is 0 Å². The second kappa shape index (κ2) is 15.0. The van der Waals surface area contributed by atoms with Crippen molar-refractivity contribution in [1.29, 1.82) is 0 Å². The lowest BCUT2D eigenvalue weighted by Crippen LogP contribution is -2.11. The maximum Gasteiger partial charge on any atom is 0.0540 e. The molecule has 2 heteroatoms. The third kappa shape index (κ3) is 6.15. The quantitative estimate of drug-likeness (QED) is 0.145. The van der Waals surface area contributed by atoms with E-state index in [0.29, 0.717) is 0 Å². The number of hydrogen-bond acceptors (Lipinski definition) is 2. The first-order chi connectivity index (χ1) is 30.7. The van der Waals surface area contributed by atoms with Crippen molar-refractivity contribution in [2.45, 2.75) is 0 Å². The van der Waals surface area contributed by atoms with E-state index in [1.807, 2.05) is 11.3 Å². The van der Waals surface area contributed by atoms with Gasteiger partial charge in [0.25, 0.3) is 0 Å². The molecule has 0 radical (unpaired) electrons. The van der Waals surface area contributed by atoms with Gasteiger partial charge in [0.05, 0.1) is 5.69 Å². The summed E-state index contributed by atoms with van der Waals surface area (Å²) in [6, 6.07) is 86.9. The van der Waals surface area contributed by atoms with Gasteiger partial charge >= 0.3 is 0 Å². The fraction of sp³-hybridized carbons (Fsp3) is 0. The fourth-order valence-corrected chi connectivity index (χ4v) is 10.7. The lowest BCUT2D eigenvalue weighted by atomic mass is 9.84. The zero-order valence-electron chi connectivity index (χ0n) is 33.9. The summed E-state index contributed by atoms with van der Waals surface area (Å²) >= 11 is 1.86. The minimum Gasteiger partial charge on any atom is -0.310 e. The monoisotopic (exact) mass is 805 g/mol. The minimum absolute atomic E-state index is 1.10. The lowest BCUT2D eigenvalue weighted by Gasteiger charge is -2.28. The Morgan fingerprint density at radius 1 is 0.274 bits per heavy atom. The van der Waals surface area contributed by atoms with Crippen LogP contribution >= 0.6 is 11.3 Å². The second-order valence-electron chi connectivity index (χ2n) is 16.0. The van der Waals surface area contributed by atoms with Crippen molar-refractivity contribution in [3.8, 4) is 44.5 Å². The van der Waals surface area contributed by atoms with Crippen LogP contribution in [0.3, 0.4) is 0 Å². The number of nitrogens with zero attached hydrogens (tertiary/aromatic N) is 1. The molecule has 1 aromatic heterocycles. The summed E-state index contributed by atoms with van der Waals surface area (Å²) in [5.74, 6) is 0. The van der Waals surface area contributed by atoms with Crippen molar-refractivity contribution in [2.75, 3.05) is 4.90 Å². The molecule has 0 aliphatic carbocycles. The molecule has 1 nitrogen and oxygen atoms in total. The Hall–Kier alpha value is -7.78. The first kappa shape index (κ1) is 36.1. The molecule has 0 N–H and O–H groups in total. The molecular formula is C60H39NS. The molecule has 12 aromatic rings. The maximum atomic E-state index is 2.46. The average Bonchev–Trinajstić information content (AvgIpc) is 3.72. The van der Waals surface area contributed by atoms with E-state index in [4.69, 9.17) is 0 Å². The van der Waals surface area contributed by atoms with E-state index in [1.165, 1.54) is 85.9 Å². The second-order valence-corrected chi connectivity index (χ2v) is 17.1. The molecule has 0 unspecified atom stereocenters. The molecule has 0 bridgehead atoms. The summed E-state index contributed by atoms with van der Waals surface area (Å²) in [6.45, 7) is 0. The average molecular weight is 806 g/mol. The highest BCUT2D eigenvalue weighted by atomic mass is 32.1. The molecular weight excluding hydrogens is 767 g/mol. The summed E-state index contributed by atoms with van der Waals surface area (Å²) in [6.07, 6.45) is 0. The summed E-state index contributed by atoms with van der Waals surface area (Å²) in [4.78, 5) is 2.46. The number of rotatable bonds is 7. The highest BCUT2D eigenvalue weighted by Gasteiger charge is 2.22. The molecule has 0 fully saturated rings. The Kier molecular flexibility index (Phi) is 8.76. The molecule has 290 valence electrons. The van der Waals surface area contributed by atoms with Crippen molar-refractivity contribution in [1.82, 2.24) is 0 Å². The van der Waals surface area contributed by atoms with Crippen LogP contribution in [0.1, 0.15) is 0 Å². The maximum absolute atomic E-state index is 2.46. The van der Waals surface area contributed by atoms with Gasteiger partial charge in [-0.15, -0.1) is 11.3 Å². The molecule has 0 aliphatic heterocycles. The number of fused-ring (bicyclic) bond motifs is 7. The van der Waals surface area contributed by atoms with E-state index in [2.05, 4.69) is 241 Å². The molecule has 0 spiro atoms. The molecule has 1 heterocycles. The van der Waals surface area contributed by atoms with Crippen LogP contribution in [0.2, 0.25) is 0 Å². The fourth-order valence-electron chi connectivity index (χ4n) is 9.56. The van der Waals surface area contributed by atoms with Crippen LogP contribution in [0.15, 0.2) is 237 Å². The van der Waals surface area contributed by atoms with Crippen LogP contribution < -0.4 is 4.90 Å². The lowest BCUT2D eigenvalue weighted by molar-refractivity contribution is 1.29. The Balaban J connectivity index is 1.10. The summed E-state index contributed by atoms with van der Waals surface area (Å²) in [7, 11) is 0. The SMILES string of the molecule is c1ccc(-c2c(-c3ccccc3)c3cc(-c4ccccc4N(c4cccc(-c5ccc6ccccc6c5)c4)c4ccc5c(c4)sc4ccccc45)ccc3c3ccccc23)cc1. The molecule has 11 aromatic carbocycles. The number of para-hydroxylation sites is 1. The van der Waals surface area contributed by atoms with Gasteiger partial charge in [-0.1, -0.05) is 188 Å². The van der Waals surface area contributed by atoms with Crippen LogP contribution in [0.5, 0.6) is 0 Å². The Labute approximate surface area is 365 Å². The summed E-state index contributed by atoms with van der Waals surface area (Å²) < 4.78 is 2.58. The van der Waals surface area contributed by atoms with E-state index in [1.54, 1.807) is 0 Å². The first-order valence-corrected chi connectivity index (χ1v) is 22.1. The topological polar surface area (TPSA) is 3.24 Å². The summed E-state index contributed by atoms with van der Waals surface area (Å²) in [5.41, 5.74) is 13.0. The van der Waals surface area contributed by atoms with Crippen LogP contribution in [-0.2, 0) is 0 Å². The van der Waals surface area contributed by atoms with Crippen LogP contribution in [0.25, 0.3) is 97.0 Å². The smallest absolute Gasteiger partial charge is 0.0540 e. The van der Waals surface area contributed by atoms with Crippen molar-refractivity contribution in [3.05, 3.63) is 237 Å². The van der Waals surface area contributed by atoms with Gasteiger partial charge in [0.2, 0.25) is 0 Å². The van der Waals surface area contributed by atoms with E-state index in [0.717, 1.165) is 28.2 Å². The molecule has 0 amide bonds. The Morgan fingerprint density at radius 2 is 0.839 bits per heavy atom. The molecule has 0 aliphatic rings. The third-order valence-electron chi connectivity index (χ3n) is 12.4. The van der Waals surface area contributed by atoms with Gasteiger partial charge in [-0.05, 0) is 120 Å². The predicted molar refractivity (Wildman–Crippen MR) is 268 cm³/mol. The zero-order valence-corrected chi connectivity index (χ0v) is 34.7. The van der Waals surface area contributed by atoms with Gasteiger partial charge < -0.3 is 4.90 Å². The normalized spacial score (nSPS) is 11.5. The predicted octanol–water partition coefficient (Wildman–Crippen LogP) is 17.7. The highest BCUT2D eigenvalue weighted by molar-refractivity contribution is 7.25. The number of benzene rings is 11. The van der Waals surface area contributed by atoms with E-state index >= 15 is 0 Å². The van der Waals surface area contributed by atoms with Crippen molar-refractivity contribution < 1.29 is 0 Å². The largest absolute Gasteiger partial charge is 0.310 e. The summed E-state index contributed by atoms with van der Waals surface area (Å²) in [5, 5.41) is 10.1. The van der Waals surface area contributed by atoms with E-state index < -0.39 is 0 Å². The number of thiophene rings is 1. The zero-order chi connectivity index (χ0) is 41.0. The standard InChI is InChI=1S/C60H39NS/c1-3-17-41(18-4-1)59-54-27-10-9-25-50(54)51-34-32-46(38-55(51)60(59)42-19-5-2-6-20-42)49-24-11-13-28-56(49)61(48-33-35-53-52-26-12-14-29-57(52)62-58(53)39-48)47-23-15-22-44(37-47)45-31-30-40-16-7-8-21-43(40)36-45/h1-39H. The molecule has 12 rings (SSSR count). The Morgan fingerprint density at radius 3 is 1.66 bits per heavy atom. The van der Waals surface area contributed by atoms with Gasteiger partial charge in [0.15, 0.2) is 0 Å². The molecule has 0 atom stereocenters. The van der Waals surface area contributed by atoms with Crippen molar-refractivity contribution in [3.63, 3.8) is 0 Å². The van der Waals surface area contributed by atoms with Crippen molar-refractivity contribution in [2.24, 2.45) is 0 Å². The van der Waals surface area contributed by atoms with Crippen LogP contribution in [0, 0.1) is 0 Å². The third-order valence-corrected chi connectivity index (χ3v) is 13.5. The van der Waals surface area contributed by atoms with Crippen molar-refractivity contribution >= 4 is 80.9 Å². The minimum atomic E-state index is 1.10. The van der Waals surface area contributed by atoms with Crippen LogP contribution in [0.4, 0.5) is 17.1 Å². The highest BCUT2D eigenvalue weighted by Crippen LogP contribution is 2.48. The van der Waals surface area contributed by atoms with E-state index in [9.17, 15) is 0 Å². The van der Waals surface area contributed by atoms with Gasteiger partial charge in [-0.3, -0.25) is 0 Å². The Bertz CT molecular complexity index is 3640.